The van der Waals surface area contributed by atoms with Gasteiger partial charge in [0.05, 0.1) is 5.92 Å². The Labute approximate surface area is 90.6 Å². The number of nitrogens with zero attached hydrogens (tertiary/aromatic N) is 3. The van der Waals surface area contributed by atoms with E-state index in [1.54, 1.807) is 0 Å². The van der Waals surface area contributed by atoms with Crippen LogP contribution >= 0.6 is 0 Å². The smallest absolute Gasteiger partial charge is 0.265 e. The number of aromatic nitrogens is 2. The van der Waals surface area contributed by atoms with Crippen molar-refractivity contribution >= 4 is 5.95 Å². The van der Waals surface area contributed by atoms with E-state index in [2.05, 4.69) is 17.1 Å². The van der Waals surface area contributed by atoms with Gasteiger partial charge in [-0.15, -0.1) is 0 Å². The molecule has 86 valence electrons. The molecule has 0 aliphatic rings. The third kappa shape index (κ3) is 2.68. The maximum absolute atomic E-state index is 5.86. The van der Waals surface area contributed by atoms with Gasteiger partial charge in [0.1, 0.15) is 0 Å². The van der Waals surface area contributed by atoms with Crippen LogP contribution < -0.4 is 10.6 Å². The van der Waals surface area contributed by atoms with E-state index in [0.717, 1.165) is 13.0 Å². The quantitative estimate of drug-likeness (QED) is 0.798. The van der Waals surface area contributed by atoms with E-state index < -0.39 is 0 Å². The largest absolute Gasteiger partial charge is 0.342 e. The Kier molecular flexibility index (Phi) is 4.08. The molecule has 5 nitrogen and oxygen atoms in total. The normalized spacial score (nSPS) is 15.0. The highest BCUT2D eigenvalue weighted by molar-refractivity contribution is 5.25. The van der Waals surface area contributed by atoms with Crippen LogP contribution in [0, 0.1) is 0 Å². The van der Waals surface area contributed by atoms with E-state index in [1.165, 1.54) is 0 Å². The molecule has 0 fully saturated rings. The Hall–Kier alpha value is -1.10. The fourth-order valence-electron chi connectivity index (χ4n) is 1.45. The molecule has 0 aromatic carbocycles. The first kappa shape index (κ1) is 12.0. The molecule has 0 radical (unpaired) electrons. The van der Waals surface area contributed by atoms with Gasteiger partial charge in [0.25, 0.3) is 5.95 Å². The molecule has 1 rings (SSSR count). The van der Waals surface area contributed by atoms with E-state index in [4.69, 9.17) is 10.3 Å². The van der Waals surface area contributed by atoms with E-state index in [-0.39, 0.29) is 12.0 Å². The molecule has 1 aromatic heterocycles. The number of nitrogens with two attached hydrogens (primary N) is 1. The van der Waals surface area contributed by atoms with E-state index in [9.17, 15) is 0 Å². The lowest BCUT2D eigenvalue weighted by Crippen LogP contribution is -2.24. The SMILES string of the molecule is CCC(c1nc(N(C)CC)no1)C(C)N. The fourth-order valence-corrected chi connectivity index (χ4v) is 1.45. The summed E-state index contributed by atoms with van der Waals surface area (Å²) in [7, 11) is 1.93. The predicted molar refractivity (Wildman–Crippen MR) is 59.9 cm³/mol. The van der Waals surface area contributed by atoms with Crippen LogP contribution in [0.1, 0.15) is 39.0 Å². The Balaban J connectivity index is 2.82. The van der Waals surface area contributed by atoms with Crippen molar-refractivity contribution in [2.45, 2.75) is 39.2 Å². The van der Waals surface area contributed by atoms with E-state index in [1.807, 2.05) is 25.8 Å². The Morgan fingerprint density at radius 3 is 2.60 bits per heavy atom. The van der Waals surface area contributed by atoms with Crippen molar-refractivity contribution in [3.05, 3.63) is 5.89 Å². The van der Waals surface area contributed by atoms with Gasteiger partial charge < -0.3 is 15.2 Å². The second-order valence-corrected chi connectivity index (χ2v) is 3.82. The minimum Gasteiger partial charge on any atom is -0.342 e. The summed E-state index contributed by atoms with van der Waals surface area (Å²) in [5.74, 6) is 1.42. The lowest BCUT2D eigenvalue weighted by atomic mass is 9.99. The lowest BCUT2D eigenvalue weighted by Gasteiger charge is -2.13. The van der Waals surface area contributed by atoms with Crippen LogP contribution in [0.3, 0.4) is 0 Å². The number of anilines is 1. The summed E-state index contributed by atoms with van der Waals surface area (Å²) >= 11 is 0. The van der Waals surface area contributed by atoms with Crippen molar-refractivity contribution in [3.8, 4) is 0 Å². The Bertz CT molecular complexity index is 297. The van der Waals surface area contributed by atoms with Gasteiger partial charge in [0, 0.05) is 19.6 Å². The molecule has 0 aliphatic heterocycles. The first-order valence-electron chi connectivity index (χ1n) is 5.40. The monoisotopic (exact) mass is 212 g/mol. The van der Waals surface area contributed by atoms with Crippen molar-refractivity contribution in [1.29, 1.82) is 0 Å². The average molecular weight is 212 g/mol. The fraction of sp³-hybridized carbons (Fsp3) is 0.800. The molecule has 0 saturated heterocycles. The molecule has 0 bridgehead atoms. The summed E-state index contributed by atoms with van der Waals surface area (Å²) in [6, 6.07) is 0.0373. The third-order valence-electron chi connectivity index (χ3n) is 2.64. The molecule has 0 saturated carbocycles. The first-order chi connectivity index (χ1) is 7.10. The molecule has 0 aliphatic carbocycles. The van der Waals surface area contributed by atoms with Crippen LogP contribution in [-0.4, -0.2) is 29.8 Å². The minimum absolute atomic E-state index is 0.0373. The van der Waals surface area contributed by atoms with Gasteiger partial charge in [0.15, 0.2) is 0 Å². The Morgan fingerprint density at radius 1 is 1.47 bits per heavy atom. The zero-order valence-corrected chi connectivity index (χ0v) is 9.90. The molecule has 15 heavy (non-hydrogen) atoms. The van der Waals surface area contributed by atoms with Crippen molar-refractivity contribution in [1.82, 2.24) is 10.1 Å². The highest BCUT2D eigenvalue weighted by atomic mass is 16.5. The summed E-state index contributed by atoms with van der Waals surface area (Å²) in [6.07, 6.45) is 0.912. The standard InChI is InChI=1S/C10H20N4O/c1-5-8(7(3)11)9-12-10(13-15-9)14(4)6-2/h7-8H,5-6,11H2,1-4H3. The zero-order chi connectivity index (χ0) is 11.4. The maximum atomic E-state index is 5.86. The molecule has 2 unspecified atom stereocenters. The van der Waals surface area contributed by atoms with Crippen molar-refractivity contribution < 1.29 is 4.52 Å². The van der Waals surface area contributed by atoms with E-state index >= 15 is 0 Å². The first-order valence-corrected chi connectivity index (χ1v) is 5.40. The molecule has 0 amide bonds. The molecule has 2 N–H and O–H groups in total. The lowest BCUT2D eigenvalue weighted by molar-refractivity contribution is 0.333. The molecular weight excluding hydrogens is 192 g/mol. The summed E-state index contributed by atoms with van der Waals surface area (Å²) in [5.41, 5.74) is 5.86. The van der Waals surface area contributed by atoms with Gasteiger partial charge in [-0.1, -0.05) is 6.92 Å². The van der Waals surface area contributed by atoms with Crippen LogP contribution in [0.4, 0.5) is 5.95 Å². The minimum atomic E-state index is 0.0373. The topological polar surface area (TPSA) is 68.2 Å². The van der Waals surface area contributed by atoms with Gasteiger partial charge in [-0.25, -0.2) is 0 Å². The number of rotatable bonds is 5. The van der Waals surface area contributed by atoms with Crippen LogP contribution in [0.5, 0.6) is 0 Å². The molecule has 5 heteroatoms. The molecule has 1 heterocycles. The molecule has 1 aromatic rings. The molecule has 0 spiro atoms. The number of hydrogen-bond acceptors (Lipinski definition) is 5. The van der Waals surface area contributed by atoms with Crippen molar-refractivity contribution in [2.24, 2.45) is 5.73 Å². The Morgan fingerprint density at radius 2 is 2.13 bits per heavy atom. The molecule has 2 atom stereocenters. The summed E-state index contributed by atoms with van der Waals surface area (Å²) in [5, 5.41) is 3.92. The van der Waals surface area contributed by atoms with Gasteiger partial charge >= 0.3 is 0 Å². The van der Waals surface area contributed by atoms with Crippen LogP contribution in [0.15, 0.2) is 4.52 Å². The molecular formula is C10H20N4O. The predicted octanol–water partition coefficient (Wildman–Crippen LogP) is 1.37. The van der Waals surface area contributed by atoms with E-state index in [0.29, 0.717) is 11.8 Å². The van der Waals surface area contributed by atoms with Gasteiger partial charge in [0.2, 0.25) is 5.89 Å². The van der Waals surface area contributed by atoms with Crippen molar-refractivity contribution in [3.63, 3.8) is 0 Å². The average Bonchev–Trinajstić information content (AvgIpc) is 2.66. The summed E-state index contributed by atoms with van der Waals surface area (Å²) in [4.78, 5) is 6.27. The second kappa shape index (κ2) is 5.11. The second-order valence-electron chi connectivity index (χ2n) is 3.82. The van der Waals surface area contributed by atoms with Crippen LogP contribution in [0.2, 0.25) is 0 Å². The maximum Gasteiger partial charge on any atom is 0.265 e. The summed E-state index contributed by atoms with van der Waals surface area (Å²) < 4.78 is 5.22. The highest BCUT2D eigenvalue weighted by Crippen LogP contribution is 2.22. The number of hydrogen-bond donors (Lipinski definition) is 1. The van der Waals surface area contributed by atoms with Gasteiger partial charge in [-0.2, -0.15) is 4.98 Å². The van der Waals surface area contributed by atoms with Crippen LogP contribution in [-0.2, 0) is 0 Å². The third-order valence-corrected chi connectivity index (χ3v) is 2.64. The van der Waals surface area contributed by atoms with Crippen LogP contribution in [0.25, 0.3) is 0 Å². The highest BCUT2D eigenvalue weighted by Gasteiger charge is 2.21. The van der Waals surface area contributed by atoms with Gasteiger partial charge in [-0.05, 0) is 25.4 Å². The van der Waals surface area contributed by atoms with Gasteiger partial charge in [-0.3, -0.25) is 0 Å². The zero-order valence-electron chi connectivity index (χ0n) is 9.90. The van der Waals surface area contributed by atoms with Crippen molar-refractivity contribution in [2.75, 3.05) is 18.5 Å². The summed E-state index contributed by atoms with van der Waals surface area (Å²) in [6.45, 7) is 6.93.